The summed E-state index contributed by atoms with van der Waals surface area (Å²) in [5.41, 5.74) is 2.98. The van der Waals surface area contributed by atoms with Gasteiger partial charge >= 0.3 is 0 Å². The van der Waals surface area contributed by atoms with Crippen molar-refractivity contribution in [3.8, 4) is 0 Å². The summed E-state index contributed by atoms with van der Waals surface area (Å²) in [4.78, 5) is 0.556. The molecule has 1 saturated carbocycles. The summed E-state index contributed by atoms with van der Waals surface area (Å²) in [5.74, 6) is 0.830. The SMILES string of the molecule is CCCCc1ccc(C(Br)C2CCCCCCC2)cc1. The molecule has 0 spiro atoms. The van der Waals surface area contributed by atoms with Gasteiger partial charge < -0.3 is 0 Å². The van der Waals surface area contributed by atoms with E-state index in [2.05, 4.69) is 47.1 Å². The van der Waals surface area contributed by atoms with Crippen LogP contribution < -0.4 is 0 Å². The first-order chi connectivity index (χ1) is 9.81. The van der Waals surface area contributed by atoms with E-state index < -0.39 is 0 Å². The second-order valence-corrected chi connectivity index (χ2v) is 7.34. The Kier molecular flexibility index (Phi) is 7.13. The van der Waals surface area contributed by atoms with E-state index in [1.54, 1.807) is 0 Å². The van der Waals surface area contributed by atoms with Gasteiger partial charge in [0.1, 0.15) is 0 Å². The molecule has 1 aliphatic carbocycles. The van der Waals surface area contributed by atoms with Crippen molar-refractivity contribution >= 4 is 15.9 Å². The number of benzene rings is 1. The average Bonchev–Trinajstić information content (AvgIpc) is 2.45. The lowest BCUT2D eigenvalue weighted by molar-refractivity contribution is 0.374. The van der Waals surface area contributed by atoms with E-state index >= 15 is 0 Å². The second kappa shape index (κ2) is 8.87. The number of halogens is 1. The molecule has 0 heterocycles. The standard InChI is InChI=1S/C19H29Br/c1-2-3-9-16-12-14-18(15-13-16)19(20)17-10-7-5-4-6-8-11-17/h12-15,17,19H,2-11H2,1H3. The highest BCUT2D eigenvalue weighted by molar-refractivity contribution is 9.09. The summed E-state index contributed by atoms with van der Waals surface area (Å²) in [5, 5.41) is 0. The van der Waals surface area contributed by atoms with Crippen LogP contribution in [0.2, 0.25) is 0 Å². The monoisotopic (exact) mass is 336 g/mol. The van der Waals surface area contributed by atoms with Crippen molar-refractivity contribution in [1.82, 2.24) is 0 Å². The van der Waals surface area contributed by atoms with Gasteiger partial charge in [-0.25, -0.2) is 0 Å². The Hall–Kier alpha value is -0.300. The summed E-state index contributed by atoms with van der Waals surface area (Å²) < 4.78 is 0. The number of hydrogen-bond acceptors (Lipinski definition) is 0. The summed E-state index contributed by atoms with van der Waals surface area (Å²) in [6.07, 6.45) is 13.8. The summed E-state index contributed by atoms with van der Waals surface area (Å²) in [6, 6.07) is 9.37. The number of hydrogen-bond donors (Lipinski definition) is 0. The predicted molar refractivity (Wildman–Crippen MR) is 92.5 cm³/mol. The molecule has 0 aromatic heterocycles. The lowest BCUT2D eigenvalue weighted by Crippen LogP contribution is -2.10. The fourth-order valence-electron chi connectivity index (χ4n) is 3.30. The van der Waals surface area contributed by atoms with Crippen LogP contribution in [0.3, 0.4) is 0 Å². The maximum atomic E-state index is 3.98. The average molecular weight is 337 g/mol. The zero-order valence-corrected chi connectivity index (χ0v) is 14.5. The fourth-order valence-corrected chi connectivity index (χ4v) is 4.14. The first-order valence-corrected chi connectivity index (χ1v) is 9.45. The summed E-state index contributed by atoms with van der Waals surface area (Å²) in [7, 11) is 0. The lowest BCUT2D eigenvalue weighted by Gasteiger charge is -2.25. The van der Waals surface area contributed by atoms with Crippen LogP contribution in [0.5, 0.6) is 0 Å². The van der Waals surface area contributed by atoms with Crippen LogP contribution in [0.4, 0.5) is 0 Å². The van der Waals surface area contributed by atoms with Crippen LogP contribution in [0, 0.1) is 5.92 Å². The maximum Gasteiger partial charge on any atom is 0.0423 e. The number of aryl methyl sites for hydroxylation is 1. The van der Waals surface area contributed by atoms with Crippen molar-refractivity contribution in [2.24, 2.45) is 5.92 Å². The highest BCUT2D eigenvalue weighted by atomic mass is 79.9. The first-order valence-electron chi connectivity index (χ1n) is 8.54. The van der Waals surface area contributed by atoms with Gasteiger partial charge in [-0.1, -0.05) is 85.6 Å². The topological polar surface area (TPSA) is 0 Å². The molecule has 20 heavy (non-hydrogen) atoms. The van der Waals surface area contributed by atoms with Crippen molar-refractivity contribution in [3.05, 3.63) is 35.4 Å². The third-order valence-electron chi connectivity index (χ3n) is 4.68. The van der Waals surface area contributed by atoms with Crippen molar-refractivity contribution in [2.75, 3.05) is 0 Å². The van der Waals surface area contributed by atoms with Gasteiger partial charge in [0.05, 0.1) is 0 Å². The zero-order chi connectivity index (χ0) is 14.2. The molecular formula is C19H29Br. The largest absolute Gasteiger partial charge is 0.0836 e. The predicted octanol–water partition coefficient (Wildman–Crippen LogP) is 6.83. The Balaban J connectivity index is 1.94. The highest BCUT2D eigenvalue weighted by Gasteiger charge is 2.21. The molecular weight excluding hydrogens is 308 g/mol. The van der Waals surface area contributed by atoms with Gasteiger partial charge in [-0.2, -0.15) is 0 Å². The molecule has 1 fully saturated rings. The third kappa shape index (κ3) is 4.91. The van der Waals surface area contributed by atoms with Crippen molar-refractivity contribution < 1.29 is 0 Å². The molecule has 0 bridgehead atoms. The summed E-state index contributed by atoms with van der Waals surface area (Å²) >= 11 is 3.98. The normalized spacial score (nSPS) is 19.3. The minimum absolute atomic E-state index is 0.556. The van der Waals surface area contributed by atoms with E-state index in [0.29, 0.717) is 4.83 Å². The molecule has 1 aliphatic rings. The third-order valence-corrected chi connectivity index (χ3v) is 5.96. The smallest absolute Gasteiger partial charge is 0.0423 e. The van der Waals surface area contributed by atoms with Crippen LogP contribution in [-0.2, 0) is 6.42 Å². The van der Waals surface area contributed by atoms with Gasteiger partial charge in [-0.15, -0.1) is 0 Å². The van der Waals surface area contributed by atoms with Crippen LogP contribution in [0.1, 0.15) is 80.7 Å². The maximum absolute atomic E-state index is 3.98. The molecule has 112 valence electrons. The van der Waals surface area contributed by atoms with Gasteiger partial charge in [0.2, 0.25) is 0 Å². The Morgan fingerprint density at radius 3 is 2.20 bits per heavy atom. The molecule has 1 heteroatoms. The van der Waals surface area contributed by atoms with Gasteiger partial charge in [0.15, 0.2) is 0 Å². The second-order valence-electron chi connectivity index (χ2n) is 6.35. The van der Waals surface area contributed by atoms with E-state index in [1.807, 2.05) is 0 Å². The van der Waals surface area contributed by atoms with Crippen LogP contribution in [-0.4, -0.2) is 0 Å². The van der Waals surface area contributed by atoms with E-state index in [1.165, 1.54) is 75.3 Å². The molecule has 0 saturated heterocycles. The Bertz CT molecular complexity index is 360. The molecule has 0 radical (unpaired) electrons. The molecule has 0 N–H and O–H groups in total. The molecule has 0 amide bonds. The minimum Gasteiger partial charge on any atom is -0.0836 e. The Morgan fingerprint density at radius 1 is 1.00 bits per heavy atom. The first kappa shape index (κ1) is 16.1. The van der Waals surface area contributed by atoms with Gasteiger partial charge in [0.25, 0.3) is 0 Å². The highest BCUT2D eigenvalue weighted by Crippen LogP contribution is 2.38. The number of alkyl halides is 1. The number of rotatable bonds is 5. The van der Waals surface area contributed by atoms with Crippen LogP contribution in [0.15, 0.2) is 24.3 Å². The number of unbranched alkanes of at least 4 members (excludes halogenated alkanes) is 1. The van der Waals surface area contributed by atoms with E-state index in [-0.39, 0.29) is 0 Å². The molecule has 1 atom stereocenters. The Morgan fingerprint density at radius 2 is 1.60 bits per heavy atom. The van der Waals surface area contributed by atoms with E-state index in [4.69, 9.17) is 0 Å². The minimum atomic E-state index is 0.556. The van der Waals surface area contributed by atoms with Crippen molar-refractivity contribution in [1.29, 1.82) is 0 Å². The van der Waals surface area contributed by atoms with Crippen molar-refractivity contribution in [3.63, 3.8) is 0 Å². The Labute approximate surface area is 133 Å². The lowest BCUT2D eigenvalue weighted by atomic mass is 9.86. The van der Waals surface area contributed by atoms with Gasteiger partial charge in [-0.3, -0.25) is 0 Å². The van der Waals surface area contributed by atoms with E-state index in [9.17, 15) is 0 Å². The molecule has 2 rings (SSSR count). The quantitative estimate of drug-likeness (QED) is 0.517. The van der Waals surface area contributed by atoms with Gasteiger partial charge in [-0.05, 0) is 42.7 Å². The molecule has 0 nitrogen and oxygen atoms in total. The molecule has 0 aliphatic heterocycles. The van der Waals surface area contributed by atoms with Crippen LogP contribution in [0.25, 0.3) is 0 Å². The molecule has 1 aromatic rings. The van der Waals surface area contributed by atoms with Crippen molar-refractivity contribution in [2.45, 2.75) is 76.0 Å². The molecule has 1 aromatic carbocycles. The van der Waals surface area contributed by atoms with Gasteiger partial charge in [0, 0.05) is 4.83 Å². The summed E-state index contributed by atoms with van der Waals surface area (Å²) in [6.45, 7) is 2.26. The van der Waals surface area contributed by atoms with E-state index in [0.717, 1.165) is 5.92 Å². The van der Waals surface area contributed by atoms with Crippen LogP contribution >= 0.6 is 15.9 Å². The fraction of sp³-hybridized carbons (Fsp3) is 0.684. The zero-order valence-electron chi connectivity index (χ0n) is 12.9. The molecule has 1 unspecified atom stereocenters.